The molecule has 0 heterocycles. The third kappa shape index (κ3) is 2.99. The van der Waals surface area contributed by atoms with Gasteiger partial charge in [-0.05, 0) is 24.7 Å². The summed E-state index contributed by atoms with van der Waals surface area (Å²) in [6.07, 6.45) is 6.63. The molecule has 0 aromatic heterocycles. The van der Waals surface area contributed by atoms with E-state index in [1.54, 1.807) is 0 Å². The Labute approximate surface area is 102 Å². The molecule has 0 bridgehead atoms. The molecule has 0 aromatic carbocycles. The topological polar surface area (TPSA) is 66.4 Å². The molecule has 1 amide bonds. The largest absolute Gasteiger partial charge is 0.481 e. The van der Waals surface area contributed by atoms with Crippen LogP contribution in [0.25, 0.3) is 0 Å². The van der Waals surface area contributed by atoms with E-state index in [4.69, 9.17) is 5.11 Å². The molecule has 2 fully saturated rings. The Morgan fingerprint density at radius 1 is 1.24 bits per heavy atom. The van der Waals surface area contributed by atoms with Crippen molar-refractivity contribution >= 4 is 11.9 Å². The standard InChI is InChI=1S/C13H21NO3/c1-13(5-3-2-4-6-13)8-14-11(15)9-7-10(9)12(16)17/h9-10H,2-8H2,1H3,(H,14,15)(H,16,17)/t9-,10+/m1/s1. The number of rotatable bonds is 4. The fraction of sp³-hybridized carbons (Fsp3) is 0.846. The van der Waals surface area contributed by atoms with Crippen molar-refractivity contribution in [1.29, 1.82) is 0 Å². The summed E-state index contributed by atoms with van der Waals surface area (Å²) in [5, 5.41) is 11.7. The van der Waals surface area contributed by atoms with Crippen molar-refractivity contribution in [2.75, 3.05) is 6.54 Å². The van der Waals surface area contributed by atoms with Crippen LogP contribution in [0.2, 0.25) is 0 Å². The van der Waals surface area contributed by atoms with E-state index in [2.05, 4.69) is 12.2 Å². The van der Waals surface area contributed by atoms with E-state index in [1.165, 1.54) is 32.1 Å². The molecule has 2 aliphatic carbocycles. The molecule has 2 atom stereocenters. The minimum absolute atomic E-state index is 0.0656. The first-order chi connectivity index (χ1) is 8.02. The van der Waals surface area contributed by atoms with Gasteiger partial charge in [-0.2, -0.15) is 0 Å². The quantitative estimate of drug-likeness (QED) is 0.786. The number of carbonyl (C=O) groups excluding carboxylic acids is 1. The van der Waals surface area contributed by atoms with Crippen molar-refractivity contribution in [2.24, 2.45) is 17.3 Å². The van der Waals surface area contributed by atoms with Crippen molar-refractivity contribution in [2.45, 2.75) is 45.4 Å². The SMILES string of the molecule is CC1(CNC(=O)[C@@H]2C[C@@H]2C(=O)O)CCCCC1. The Kier molecular flexibility index (Phi) is 3.40. The van der Waals surface area contributed by atoms with Gasteiger partial charge in [-0.1, -0.05) is 26.2 Å². The van der Waals surface area contributed by atoms with Crippen molar-refractivity contribution in [3.05, 3.63) is 0 Å². The molecule has 2 aliphatic rings. The molecule has 0 aromatic rings. The van der Waals surface area contributed by atoms with Crippen LogP contribution in [0.1, 0.15) is 45.4 Å². The van der Waals surface area contributed by atoms with Crippen LogP contribution in [0.3, 0.4) is 0 Å². The van der Waals surface area contributed by atoms with E-state index in [9.17, 15) is 9.59 Å². The highest BCUT2D eigenvalue weighted by atomic mass is 16.4. The van der Waals surface area contributed by atoms with Crippen LogP contribution in [0.15, 0.2) is 0 Å². The molecule has 2 N–H and O–H groups in total. The van der Waals surface area contributed by atoms with Gasteiger partial charge < -0.3 is 10.4 Å². The molecular formula is C13H21NO3. The normalized spacial score (nSPS) is 30.6. The van der Waals surface area contributed by atoms with Crippen molar-refractivity contribution < 1.29 is 14.7 Å². The lowest BCUT2D eigenvalue weighted by atomic mass is 9.76. The van der Waals surface area contributed by atoms with Gasteiger partial charge in [0.25, 0.3) is 0 Å². The first-order valence-electron chi connectivity index (χ1n) is 6.52. The molecule has 4 heteroatoms. The third-order valence-corrected chi connectivity index (χ3v) is 4.19. The second kappa shape index (κ2) is 4.67. The van der Waals surface area contributed by atoms with E-state index in [0.717, 1.165) is 0 Å². The van der Waals surface area contributed by atoms with E-state index in [0.29, 0.717) is 13.0 Å². The maximum Gasteiger partial charge on any atom is 0.307 e. The van der Waals surface area contributed by atoms with Crippen molar-refractivity contribution in [1.82, 2.24) is 5.32 Å². The van der Waals surface area contributed by atoms with Crippen LogP contribution < -0.4 is 5.32 Å². The summed E-state index contributed by atoms with van der Waals surface area (Å²) in [4.78, 5) is 22.4. The summed E-state index contributed by atoms with van der Waals surface area (Å²) in [6, 6.07) is 0. The number of nitrogens with one attached hydrogen (secondary N) is 1. The van der Waals surface area contributed by atoms with Gasteiger partial charge >= 0.3 is 5.97 Å². The first-order valence-corrected chi connectivity index (χ1v) is 6.52. The zero-order valence-electron chi connectivity index (χ0n) is 10.4. The zero-order chi connectivity index (χ0) is 12.5. The number of carboxylic acids is 1. The van der Waals surface area contributed by atoms with Crippen LogP contribution in [0, 0.1) is 17.3 Å². The van der Waals surface area contributed by atoms with Crippen LogP contribution in [-0.2, 0) is 9.59 Å². The predicted molar refractivity (Wildman–Crippen MR) is 63.4 cm³/mol. The molecular weight excluding hydrogens is 218 g/mol. The number of aliphatic carboxylic acids is 1. The molecule has 0 saturated heterocycles. The second-order valence-corrected chi connectivity index (χ2v) is 5.88. The molecule has 4 nitrogen and oxygen atoms in total. The van der Waals surface area contributed by atoms with Gasteiger partial charge in [0.2, 0.25) is 5.91 Å². The lowest BCUT2D eigenvalue weighted by Gasteiger charge is -2.33. The number of carbonyl (C=O) groups is 2. The molecule has 96 valence electrons. The fourth-order valence-corrected chi connectivity index (χ4v) is 2.77. The molecule has 0 unspecified atom stereocenters. The van der Waals surface area contributed by atoms with Gasteiger partial charge in [0.15, 0.2) is 0 Å². The minimum atomic E-state index is -0.839. The molecule has 0 aliphatic heterocycles. The van der Waals surface area contributed by atoms with E-state index in [1.807, 2.05) is 0 Å². The maximum atomic E-state index is 11.7. The summed E-state index contributed by atoms with van der Waals surface area (Å²) in [7, 11) is 0. The van der Waals surface area contributed by atoms with Gasteiger partial charge in [0.1, 0.15) is 0 Å². The maximum absolute atomic E-state index is 11.7. The predicted octanol–water partition coefficient (Wildman–Crippen LogP) is 1.79. The number of hydrogen-bond acceptors (Lipinski definition) is 2. The lowest BCUT2D eigenvalue weighted by Crippen LogP contribution is -2.38. The smallest absolute Gasteiger partial charge is 0.307 e. The van der Waals surface area contributed by atoms with Crippen molar-refractivity contribution in [3.63, 3.8) is 0 Å². The molecule has 17 heavy (non-hydrogen) atoms. The average Bonchev–Trinajstić information content (AvgIpc) is 3.07. The Morgan fingerprint density at radius 2 is 1.88 bits per heavy atom. The monoisotopic (exact) mass is 239 g/mol. The lowest BCUT2D eigenvalue weighted by molar-refractivity contribution is -0.140. The van der Waals surface area contributed by atoms with Gasteiger partial charge in [-0.15, -0.1) is 0 Å². The minimum Gasteiger partial charge on any atom is -0.481 e. The van der Waals surface area contributed by atoms with Crippen LogP contribution >= 0.6 is 0 Å². The summed E-state index contributed by atoms with van der Waals surface area (Å²) in [5.41, 5.74) is 0.224. The van der Waals surface area contributed by atoms with E-state index >= 15 is 0 Å². The average molecular weight is 239 g/mol. The summed E-state index contributed by atoms with van der Waals surface area (Å²) in [6.45, 7) is 2.92. The second-order valence-electron chi connectivity index (χ2n) is 5.88. The summed E-state index contributed by atoms with van der Waals surface area (Å²) >= 11 is 0. The summed E-state index contributed by atoms with van der Waals surface area (Å²) < 4.78 is 0. The highest BCUT2D eigenvalue weighted by Crippen LogP contribution is 2.39. The van der Waals surface area contributed by atoms with Gasteiger partial charge in [-0.25, -0.2) is 0 Å². The van der Waals surface area contributed by atoms with Crippen molar-refractivity contribution in [3.8, 4) is 0 Å². The Bertz CT molecular complexity index is 321. The van der Waals surface area contributed by atoms with Crippen LogP contribution in [0.5, 0.6) is 0 Å². The first kappa shape index (κ1) is 12.4. The molecule has 2 saturated carbocycles. The molecule has 0 spiro atoms. The highest BCUT2D eigenvalue weighted by Gasteiger charge is 2.48. The van der Waals surface area contributed by atoms with E-state index in [-0.39, 0.29) is 17.2 Å². The van der Waals surface area contributed by atoms with Gasteiger partial charge in [0, 0.05) is 6.54 Å². The third-order valence-electron chi connectivity index (χ3n) is 4.19. The Morgan fingerprint density at radius 3 is 2.41 bits per heavy atom. The Balaban J connectivity index is 1.75. The van der Waals surface area contributed by atoms with Crippen LogP contribution in [0.4, 0.5) is 0 Å². The number of carboxylic acid groups (broad SMARTS) is 1. The molecule has 0 radical (unpaired) electrons. The zero-order valence-corrected chi connectivity index (χ0v) is 10.4. The molecule has 2 rings (SSSR count). The van der Waals surface area contributed by atoms with Crippen LogP contribution in [-0.4, -0.2) is 23.5 Å². The highest BCUT2D eigenvalue weighted by molar-refractivity contribution is 5.89. The number of amides is 1. The summed E-state index contributed by atoms with van der Waals surface area (Å²) in [5.74, 6) is -1.62. The Hall–Kier alpha value is -1.06. The van der Waals surface area contributed by atoms with Gasteiger partial charge in [0.05, 0.1) is 11.8 Å². The van der Waals surface area contributed by atoms with Gasteiger partial charge in [-0.3, -0.25) is 9.59 Å². The fourth-order valence-electron chi connectivity index (χ4n) is 2.77. The van der Waals surface area contributed by atoms with E-state index < -0.39 is 11.9 Å². The number of hydrogen-bond donors (Lipinski definition) is 2.